The standard InChI is InChI=1S/C17H17BrClNO/c1-10-3-6-16-12(7-10)15(20-2)9-17(21-16)11-4-5-14(19)13(18)8-11/h3-8,15,17,20H,9H2,1-2H3. The van der Waals surface area contributed by atoms with Crippen LogP contribution in [0.5, 0.6) is 5.75 Å². The molecule has 1 heterocycles. The molecule has 1 aliphatic heterocycles. The van der Waals surface area contributed by atoms with Gasteiger partial charge in [0.2, 0.25) is 0 Å². The summed E-state index contributed by atoms with van der Waals surface area (Å²) in [5.74, 6) is 0.960. The van der Waals surface area contributed by atoms with Crippen LogP contribution >= 0.6 is 27.5 Å². The molecule has 2 atom stereocenters. The smallest absolute Gasteiger partial charge is 0.126 e. The van der Waals surface area contributed by atoms with Crippen LogP contribution in [0.2, 0.25) is 5.02 Å². The molecule has 2 unspecified atom stereocenters. The van der Waals surface area contributed by atoms with Crippen molar-refractivity contribution < 1.29 is 4.74 Å². The van der Waals surface area contributed by atoms with Crippen LogP contribution in [-0.2, 0) is 0 Å². The molecular weight excluding hydrogens is 350 g/mol. The lowest BCUT2D eigenvalue weighted by Gasteiger charge is -2.32. The molecule has 2 nitrogen and oxygen atoms in total. The first-order valence-corrected chi connectivity index (χ1v) is 8.15. The Bertz CT molecular complexity index is 674. The summed E-state index contributed by atoms with van der Waals surface area (Å²) in [7, 11) is 2.00. The first-order valence-electron chi connectivity index (χ1n) is 6.98. The third kappa shape index (κ3) is 2.96. The van der Waals surface area contributed by atoms with Crippen LogP contribution in [0.15, 0.2) is 40.9 Å². The third-order valence-electron chi connectivity index (χ3n) is 3.92. The van der Waals surface area contributed by atoms with Gasteiger partial charge in [-0.05, 0) is 53.7 Å². The molecule has 0 fully saturated rings. The minimum atomic E-state index is 0.0335. The predicted molar refractivity (Wildman–Crippen MR) is 90.1 cm³/mol. The van der Waals surface area contributed by atoms with Crippen LogP contribution in [0.1, 0.15) is 35.3 Å². The van der Waals surface area contributed by atoms with Gasteiger partial charge in [-0.15, -0.1) is 0 Å². The van der Waals surface area contributed by atoms with Crippen molar-refractivity contribution in [3.8, 4) is 5.75 Å². The Morgan fingerprint density at radius 2 is 2.05 bits per heavy atom. The van der Waals surface area contributed by atoms with Gasteiger partial charge < -0.3 is 10.1 Å². The number of hydrogen-bond donors (Lipinski definition) is 1. The molecule has 21 heavy (non-hydrogen) atoms. The van der Waals surface area contributed by atoms with Gasteiger partial charge in [0.15, 0.2) is 0 Å². The Balaban J connectivity index is 1.96. The lowest BCUT2D eigenvalue weighted by Crippen LogP contribution is -2.26. The van der Waals surface area contributed by atoms with Gasteiger partial charge in [0, 0.05) is 22.5 Å². The van der Waals surface area contributed by atoms with Gasteiger partial charge in [-0.3, -0.25) is 0 Å². The van der Waals surface area contributed by atoms with Gasteiger partial charge in [-0.25, -0.2) is 0 Å². The van der Waals surface area contributed by atoms with E-state index in [9.17, 15) is 0 Å². The maximum absolute atomic E-state index is 6.20. The van der Waals surface area contributed by atoms with Crippen LogP contribution in [0.3, 0.4) is 0 Å². The summed E-state index contributed by atoms with van der Waals surface area (Å²) in [6, 6.07) is 12.6. The molecule has 0 spiro atoms. The predicted octanol–water partition coefficient (Wildman–Crippen LogP) is 5.20. The summed E-state index contributed by atoms with van der Waals surface area (Å²) in [6.07, 6.45) is 0.937. The van der Waals surface area contributed by atoms with E-state index in [2.05, 4.69) is 46.4 Å². The molecule has 0 saturated carbocycles. The van der Waals surface area contributed by atoms with E-state index in [-0.39, 0.29) is 6.10 Å². The fourth-order valence-corrected chi connectivity index (χ4v) is 3.29. The Morgan fingerprint density at radius 1 is 1.24 bits per heavy atom. The molecule has 0 aromatic heterocycles. The summed E-state index contributed by atoms with van der Waals surface area (Å²) in [6.45, 7) is 2.11. The third-order valence-corrected chi connectivity index (χ3v) is 5.14. The number of halogens is 2. The Kier molecular flexibility index (Phi) is 4.25. The zero-order valence-corrected chi connectivity index (χ0v) is 14.3. The van der Waals surface area contributed by atoms with Gasteiger partial charge in [0.05, 0.1) is 5.02 Å². The Labute approximate surface area is 138 Å². The largest absolute Gasteiger partial charge is 0.485 e. The quantitative estimate of drug-likeness (QED) is 0.789. The second-order valence-corrected chi connectivity index (χ2v) is 6.66. The summed E-state index contributed by atoms with van der Waals surface area (Å²) in [5, 5.41) is 4.11. The van der Waals surface area contributed by atoms with Crippen molar-refractivity contribution in [1.29, 1.82) is 0 Å². The van der Waals surface area contributed by atoms with Crippen LogP contribution in [0.4, 0.5) is 0 Å². The average molecular weight is 367 g/mol. The maximum Gasteiger partial charge on any atom is 0.126 e. The summed E-state index contributed by atoms with van der Waals surface area (Å²) in [4.78, 5) is 0. The fraction of sp³-hybridized carbons (Fsp3) is 0.294. The summed E-state index contributed by atoms with van der Waals surface area (Å²) < 4.78 is 7.10. The number of hydrogen-bond acceptors (Lipinski definition) is 2. The van der Waals surface area contributed by atoms with E-state index in [4.69, 9.17) is 16.3 Å². The molecule has 1 aliphatic rings. The van der Waals surface area contributed by atoms with Gasteiger partial charge in [0.25, 0.3) is 0 Å². The second kappa shape index (κ2) is 5.99. The first kappa shape index (κ1) is 14.9. The zero-order valence-electron chi connectivity index (χ0n) is 12.0. The van der Waals surface area contributed by atoms with E-state index < -0.39 is 0 Å². The maximum atomic E-state index is 6.20. The van der Waals surface area contributed by atoms with Crippen molar-refractivity contribution >= 4 is 27.5 Å². The minimum Gasteiger partial charge on any atom is -0.485 e. The van der Waals surface area contributed by atoms with Gasteiger partial charge >= 0.3 is 0 Å². The molecule has 0 bridgehead atoms. The first-order chi connectivity index (χ1) is 10.1. The lowest BCUT2D eigenvalue weighted by atomic mass is 9.92. The van der Waals surface area contributed by atoms with Crippen LogP contribution in [-0.4, -0.2) is 7.05 Å². The highest BCUT2D eigenvalue weighted by Gasteiger charge is 2.28. The number of fused-ring (bicyclic) bond motifs is 1. The van der Waals surface area contributed by atoms with E-state index >= 15 is 0 Å². The molecule has 0 aliphatic carbocycles. The molecule has 2 aromatic carbocycles. The molecule has 4 heteroatoms. The van der Waals surface area contributed by atoms with Crippen molar-refractivity contribution in [2.45, 2.75) is 25.5 Å². The molecule has 2 aromatic rings. The van der Waals surface area contributed by atoms with Crippen LogP contribution in [0.25, 0.3) is 0 Å². The molecular formula is C17H17BrClNO. The highest BCUT2D eigenvalue weighted by molar-refractivity contribution is 9.10. The summed E-state index contributed by atoms with van der Waals surface area (Å²) >= 11 is 9.56. The molecule has 110 valence electrons. The normalized spacial score (nSPS) is 20.8. The van der Waals surface area contributed by atoms with E-state index in [1.165, 1.54) is 11.1 Å². The lowest BCUT2D eigenvalue weighted by molar-refractivity contribution is 0.154. The Hall–Kier alpha value is -1.03. The number of nitrogens with one attached hydrogen (secondary N) is 1. The van der Waals surface area contributed by atoms with Crippen molar-refractivity contribution in [2.24, 2.45) is 0 Å². The molecule has 0 radical (unpaired) electrons. The van der Waals surface area contributed by atoms with E-state index in [1.807, 2.05) is 25.2 Å². The number of rotatable bonds is 2. The van der Waals surface area contributed by atoms with Gasteiger partial charge in [0.1, 0.15) is 11.9 Å². The van der Waals surface area contributed by atoms with Crippen molar-refractivity contribution in [3.05, 3.63) is 62.6 Å². The summed E-state index contributed by atoms with van der Waals surface area (Å²) in [5.41, 5.74) is 3.63. The fourth-order valence-electron chi connectivity index (χ4n) is 2.78. The van der Waals surface area contributed by atoms with Gasteiger partial charge in [-0.1, -0.05) is 35.4 Å². The molecule has 0 saturated heterocycles. The van der Waals surface area contributed by atoms with Crippen molar-refractivity contribution in [2.75, 3.05) is 7.05 Å². The van der Waals surface area contributed by atoms with E-state index in [1.54, 1.807) is 0 Å². The number of ether oxygens (including phenoxy) is 1. The molecule has 0 amide bonds. The average Bonchev–Trinajstić information content (AvgIpc) is 2.49. The topological polar surface area (TPSA) is 21.3 Å². The zero-order chi connectivity index (χ0) is 15.0. The highest BCUT2D eigenvalue weighted by Crippen LogP contribution is 2.41. The highest BCUT2D eigenvalue weighted by atomic mass is 79.9. The Morgan fingerprint density at radius 3 is 2.76 bits per heavy atom. The van der Waals surface area contributed by atoms with Crippen molar-refractivity contribution in [1.82, 2.24) is 5.32 Å². The van der Waals surface area contributed by atoms with Crippen molar-refractivity contribution in [3.63, 3.8) is 0 Å². The molecule has 1 N–H and O–H groups in total. The van der Waals surface area contributed by atoms with E-state index in [0.29, 0.717) is 6.04 Å². The number of aryl methyl sites for hydroxylation is 1. The monoisotopic (exact) mass is 365 g/mol. The van der Waals surface area contributed by atoms with Crippen LogP contribution in [0, 0.1) is 6.92 Å². The minimum absolute atomic E-state index is 0.0335. The van der Waals surface area contributed by atoms with Crippen LogP contribution < -0.4 is 10.1 Å². The SMILES string of the molecule is CNC1CC(c2ccc(Cl)c(Br)c2)Oc2ccc(C)cc21. The van der Waals surface area contributed by atoms with E-state index in [0.717, 1.165) is 27.2 Å². The van der Waals surface area contributed by atoms with Gasteiger partial charge in [-0.2, -0.15) is 0 Å². The molecule has 3 rings (SSSR count). The second-order valence-electron chi connectivity index (χ2n) is 5.40. The number of benzene rings is 2.